The van der Waals surface area contributed by atoms with Crippen LogP contribution in [0.2, 0.25) is 0 Å². The Bertz CT molecular complexity index is 443. The second kappa shape index (κ2) is 6.14. The van der Waals surface area contributed by atoms with Gasteiger partial charge in [0.05, 0.1) is 25.6 Å². The Labute approximate surface area is 128 Å². The molecule has 0 amide bonds. The van der Waals surface area contributed by atoms with Crippen molar-refractivity contribution in [3.8, 4) is 0 Å². The number of hydrogen-bond acceptors (Lipinski definition) is 5. The minimum Gasteiger partial charge on any atom is -0.347 e. The van der Waals surface area contributed by atoms with Gasteiger partial charge in [-0.3, -0.25) is 4.18 Å². The highest BCUT2D eigenvalue weighted by atomic mass is 32.2. The van der Waals surface area contributed by atoms with Gasteiger partial charge in [0.2, 0.25) is 0 Å². The Balaban J connectivity index is 1.78. The summed E-state index contributed by atoms with van der Waals surface area (Å²) in [7, 11) is -3.37. The highest BCUT2D eigenvalue weighted by Gasteiger charge is 2.45. The molecule has 1 aliphatic heterocycles. The molecule has 0 aromatic rings. The van der Waals surface area contributed by atoms with Crippen LogP contribution in [-0.4, -0.2) is 39.8 Å². The molecule has 5 nitrogen and oxygen atoms in total. The van der Waals surface area contributed by atoms with Gasteiger partial charge >= 0.3 is 0 Å². The second-order valence-electron chi connectivity index (χ2n) is 7.42. The van der Waals surface area contributed by atoms with E-state index in [1.54, 1.807) is 0 Å². The van der Waals surface area contributed by atoms with E-state index in [0.717, 1.165) is 31.9 Å². The van der Waals surface area contributed by atoms with E-state index in [-0.39, 0.29) is 12.7 Å². The summed E-state index contributed by atoms with van der Waals surface area (Å²) in [5, 5.41) is 0. The molecule has 6 heteroatoms. The van der Waals surface area contributed by atoms with E-state index in [2.05, 4.69) is 20.8 Å². The lowest BCUT2D eigenvalue weighted by Crippen LogP contribution is -2.38. The third kappa shape index (κ3) is 4.91. The van der Waals surface area contributed by atoms with Gasteiger partial charge in [0, 0.05) is 19.3 Å². The zero-order chi connectivity index (χ0) is 15.7. The topological polar surface area (TPSA) is 61.8 Å². The fourth-order valence-electron chi connectivity index (χ4n) is 3.28. The van der Waals surface area contributed by atoms with Crippen molar-refractivity contribution >= 4 is 10.1 Å². The molecule has 0 bridgehead atoms. The maximum absolute atomic E-state index is 10.9. The van der Waals surface area contributed by atoms with Crippen LogP contribution in [0.3, 0.4) is 0 Å². The van der Waals surface area contributed by atoms with E-state index < -0.39 is 15.9 Å². The molecule has 1 saturated heterocycles. The van der Waals surface area contributed by atoms with Crippen LogP contribution >= 0.6 is 0 Å². The van der Waals surface area contributed by atoms with E-state index in [0.29, 0.717) is 24.4 Å². The quantitative estimate of drug-likeness (QED) is 0.745. The average Bonchev–Trinajstić information content (AvgIpc) is 2.70. The molecule has 0 N–H and O–H groups in total. The van der Waals surface area contributed by atoms with Crippen molar-refractivity contribution in [2.45, 2.75) is 64.8 Å². The third-order valence-corrected chi connectivity index (χ3v) is 5.22. The lowest BCUT2D eigenvalue weighted by Gasteiger charge is -2.41. The van der Waals surface area contributed by atoms with Crippen LogP contribution in [0.15, 0.2) is 0 Å². The van der Waals surface area contributed by atoms with Gasteiger partial charge in [-0.05, 0) is 24.2 Å². The Morgan fingerprint density at radius 3 is 2.38 bits per heavy atom. The first-order valence-corrected chi connectivity index (χ1v) is 9.57. The molecule has 1 saturated carbocycles. The number of ether oxygens (including phenoxy) is 2. The van der Waals surface area contributed by atoms with Crippen molar-refractivity contribution in [2.24, 2.45) is 11.3 Å². The maximum Gasteiger partial charge on any atom is 0.264 e. The van der Waals surface area contributed by atoms with Crippen LogP contribution in [0.5, 0.6) is 0 Å². The zero-order valence-corrected chi connectivity index (χ0v) is 14.4. The fourth-order valence-corrected chi connectivity index (χ4v) is 3.67. The fraction of sp³-hybridized carbons (Fsp3) is 1.00. The molecule has 1 heterocycles. The summed E-state index contributed by atoms with van der Waals surface area (Å²) < 4.78 is 38.6. The summed E-state index contributed by atoms with van der Waals surface area (Å²) in [6.07, 6.45) is 5.66. The van der Waals surface area contributed by atoms with E-state index in [1.807, 2.05) is 0 Å². The first kappa shape index (κ1) is 17.2. The minimum absolute atomic E-state index is 0.0575. The van der Waals surface area contributed by atoms with Crippen LogP contribution in [0.25, 0.3) is 0 Å². The van der Waals surface area contributed by atoms with E-state index >= 15 is 0 Å². The SMILES string of the molecule is CC(C)(C)C1CCC2(CC1)OCC(CCOS(C)(=O)=O)O2. The molecule has 0 aromatic heterocycles. The van der Waals surface area contributed by atoms with Gasteiger partial charge in [0.1, 0.15) is 0 Å². The summed E-state index contributed by atoms with van der Waals surface area (Å²) in [4.78, 5) is 0. The summed E-state index contributed by atoms with van der Waals surface area (Å²) in [5.74, 6) is 0.278. The molecule has 1 unspecified atom stereocenters. The molecular weight excluding hydrogens is 292 g/mol. The van der Waals surface area contributed by atoms with Gasteiger partial charge < -0.3 is 9.47 Å². The second-order valence-corrected chi connectivity index (χ2v) is 9.06. The standard InChI is InChI=1S/C15H28O5S/c1-14(2,3)12-5-8-15(9-6-12)18-11-13(20-15)7-10-19-21(4,16)17/h12-13H,5-11H2,1-4H3. The predicted octanol–water partition coefficient (Wildman–Crippen LogP) is 2.70. The smallest absolute Gasteiger partial charge is 0.264 e. The summed E-state index contributed by atoms with van der Waals surface area (Å²) in [5.41, 5.74) is 0.336. The van der Waals surface area contributed by atoms with Crippen LogP contribution < -0.4 is 0 Å². The maximum atomic E-state index is 10.9. The number of hydrogen-bond donors (Lipinski definition) is 0. The van der Waals surface area contributed by atoms with E-state index in [1.165, 1.54) is 0 Å². The average molecular weight is 320 g/mol. The molecule has 124 valence electrons. The van der Waals surface area contributed by atoms with Gasteiger partial charge in [0.25, 0.3) is 10.1 Å². The van der Waals surface area contributed by atoms with Gasteiger partial charge in [-0.2, -0.15) is 8.42 Å². The van der Waals surface area contributed by atoms with Crippen LogP contribution in [0.4, 0.5) is 0 Å². The Morgan fingerprint density at radius 2 is 1.86 bits per heavy atom. The Hall–Kier alpha value is -0.170. The molecule has 1 aliphatic carbocycles. The molecule has 0 aromatic carbocycles. The van der Waals surface area contributed by atoms with E-state index in [9.17, 15) is 8.42 Å². The molecular formula is C15H28O5S. The first-order chi connectivity index (χ1) is 9.60. The molecule has 1 spiro atoms. The zero-order valence-electron chi connectivity index (χ0n) is 13.6. The van der Waals surface area contributed by atoms with Crippen molar-refractivity contribution in [3.63, 3.8) is 0 Å². The monoisotopic (exact) mass is 320 g/mol. The lowest BCUT2D eigenvalue weighted by molar-refractivity contribution is -0.197. The third-order valence-electron chi connectivity index (χ3n) is 4.62. The largest absolute Gasteiger partial charge is 0.347 e. The summed E-state index contributed by atoms with van der Waals surface area (Å²) in [6.45, 7) is 7.56. The molecule has 0 radical (unpaired) electrons. The van der Waals surface area contributed by atoms with E-state index in [4.69, 9.17) is 13.7 Å². The van der Waals surface area contributed by atoms with Gasteiger partial charge in [-0.1, -0.05) is 20.8 Å². The summed E-state index contributed by atoms with van der Waals surface area (Å²) in [6, 6.07) is 0. The molecule has 2 fully saturated rings. The Kier molecular flexibility index (Phi) is 5.03. The lowest BCUT2D eigenvalue weighted by atomic mass is 9.71. The predicted molar refractivity (Wildman–Crippen MR) is 80.4 cm³/mol. The minimum atomic E-state index is -3.37. The van der Waals surface area contributed by atoms with Gasteiger partial charge in [-0.25, -0.2) is 0 Å². The van der Waals surface area contributed by atoms with Gasteiger partial charge in [0.15, 0.2) is 5.79 Å². The van der Waals surface area contributed by atoms with Crippen molar-refractivity contribution in [1.29, 1.82) is 0 Å². The van der Waals surface area contributed by atoms with Crippen LogP contribution in [0, 0.1) is 11.3 Å². The van der Waals surface area contributed by atoms with Crippen molar-refractivity contribution in [3.05, 3.63) is 0 Å². The summed E-state index contributed by atoms with van der Waals surface area (Å²) >= 11 is 0. The highest BCUT2D eigenvalue weighted by molar-refractivity contribution is 7.85. The van der Waals surface area contributed by atoms with Crippen molar-refractivity contribution in [1.82, 2.24) is 0 Å². The molecule has 21 heavy (non-hydrogen) atoms. The Morgan fingerprint density at radius 1 is 1.24 bits per heavy atom. The molecule has 1 atom stereocenters. The van der Waals surface area contributed by atoms with Crippen LogP contribution in [0.1, 0.15) is 52.9 Å². The van der Waals surface area contributed by atoms with Crippen molar-refractivity contribution < 1.29 is 22.1 Å². The molecule has 2 aliphatic rings. The number of rotatable bonds is 4. The van der Waals surface area contributed by atoms with Crippen LogP contribution in [-0.2, 0) is 23.8 Å². The first-order valence-electron chi connectivity index (χ1n) is 7.76. The van der Waals surface area contributed by atoms with Gasteiger partial charge in [-0.15, -0.1) is 0 Å². The molecule has 2 rings (SSSR count). The van der Waals surface area contributed by atoms with Crippen molar-refractivity contribution in [2.75, 3.05) is 19.5 Å². The normalized spacial score (nSPS) is 34.5. The highest BCUT2D eigenvalue weighted by Crippen LogP contribution is 2.45.